The van der Waals surface area contributed by atoms with E-state index >= 15 is 0 Å². The zero-order chi connectivity index (χ0) is 12.1. The molecule has 0 atom stereocenters. The maximum atomic E-state index is 5.70. The molecule has 0 aliphatic rings. The Morgan fingerprint density at radius 2 is 2.12 bits per heavy atom. The average Bonchev–Trinajstić information content (AvgIpc) is 2.33. The Bertz CT molecular complexity index is 505. The number of halogens is 1. The van der Waals surface area contributed by atoms with Crippen LogP contribution >= 0.6 is 22.6 Å². The monoisotopic (exact) mass is 341 g/mol. The Hall–Kier alpha value is -1.37. The van der Waals surface area contributed by atoms with Crippen molar-refractivity contribution in [1.29, 1.82) is 0 Å². The molecule has 4 nitrogen and oxygen atoms in total. The van der Waals surface area contributed by atoms with E-state index < -0.39 is 0 Å². The van der Waals surface area contributed by atoms with Crippen molar-refractivity contribution in [1.82, 2.24) is 9.97 Å². The summed E-state index contributed by atoms with van der Waals surface area (Å²) in [4.78, 5) is 8.34. The third-order valence-corrected chi connectivity index (χ3v) is 2.91. The zero-order valence-electron chi connectivity index (χ0n) is 9.35. The molecule has 2 aromatic rings. The van der Waals surface area contributed by atoms with Crippen molar-refractivity contribution in [3.63, 3.8) is 0 Å². The highest BCUT2D eigenvalue weighted by molar-refractivity contribution is 14.1. The first-order chi connectivity index (χ1) is 8.29. The van der Waals surface area contributed by atoms with Gasteiger partial charge >= 0.3 is 0 Å². The highest BCUT2D eigenvalue weighted by Crippen LogP contribution is 2.25. The third-order valence-electron chi connectivity index (χ3n) is 2.02. The van der Waals surface area contributed by atoms with Crippen LogP contribution in [0.4, 0.5) is 5.95 Å². The second-order valence-electron chi connectivity index (χ2n) is 3.28. The number of ether oxygens (including phenoxy) is 1. The minimum Gasteiger partial charge on any atom is -0.438 e. The number of aromatic nitrogens is 2. The van der Waals surface area contributed by atoms with Crippen LogP contribution in [0.25, 0.3) is 0 Å². The van der Waals surface area contributed by atoms with Crippen molar-refractivity contribution >= 4 is 28.5 Å². The Kier molecular flexibility index (Phi) is 4.13. The summed E-state index contributed by atoms with van der Waals surface area (Å²) in [7, 11) is 0. The van der Waals surface area contributed by atoms with Gasteiger partial charge in [0, 0.05) is 18.8 Å². The van der Waals surface area contributed by atoms with Gasteiger partial charge in [-0.15, -0.1) is 0 Å². The summed E-state index contributed by atoms with van der Waals surface area (Å²) >= 11 is 2.23. The van der Waals surface area contributed by atoms with E-state index in [-0.39, 0.29) is 0 Å². The number of nitrogens with zero attached hydrogens (tertiary/aromatic N) is 2. The average molecular weight is 341 g/mol. The van der Waals surface area contributed by atoms with Gasteiger partial charge in [0.15, 0.2) is 0 Å². The second-order valence-corrected chi connectivity index (χ2v) is 4.44. The van der Waals surface area contributed by atoms with E-state index in [9.17, 15) is 0 Å². The molecule has 88 valence electrons. The lowest BCUT2D eigenvalue weighted by Gasteiger charge is -2.07. The number of hydrogen-bond donors (Lipinski definition) is 1. The van der Waals surface area contributed by atoms with Crippen LogP contribution in [0.15, 0.2) is 36.5 Å². The summed E-state index contributed by atoms with van der Waals surface area (Å²) in [5, 5.41) is 3.04. The van der Waals surface area contributed by atoms with E-state index in [1.807, 2.05) is 31.2 Å². The van der Waals surface area contributed by atoms with Gasteiger partial charge in [0.2, 0.25) is 11.8 Å². The van der Waals surface area contributed by atoms with Crippen LogP contribution in [0.2, 0.25) is 0 Å². The summed E-state index contributed by atoms with van der Waals surface area (Å²) in [6.45, 7) is 2.78. The molecule has 0 aliphatic carbocycles. The molecule has 0 bridgehead atoms. The molecule has 0 saturated carbocycles. The second kappa shape index (κ2) is 5.81. The molecule has 5 heteroatoms. The first kappa shape index (κ1) is 12.1. The van der Waals surface area contributed by atoms with Gasteiger partial charge in [0.05, 0.1) is 3.57 Å². The van der Waals surface area contributed by atoms with Gasteiger partial charge in [-0.1, -0.05) is 12.1 Å². The maximum Gasteiger partial charge on any atom is 0.225 e. The molecule has 0 spiro atoms. The van der Waals surface area contributed by atoms with Crippen LogP contribution in [0.3, 0.4) is 0 Å². The molecular weight excluding hydrogens is 329 g/mol. The molecule has 0 radical (unpaired) electrons. The fourth-order valence-electron chi connectivity index (χ4n) is 1.28. The molecule has 1 aromatic heterocycles. The third kappa shape index (κ3) is 3.29. The smallest absolute Gasteiger partial charge is 0.225 e. The largest absolute Gasteiger partial charge is 0.438 e. The summed E-state index contributed by atoms with van der Waals surface area (Å²) < 4.78 is 6.75. The first-order valence-corrected chi connectivity index (χ1v) is 6.37. The molecule has 0 amide bonds. The van der Waals surface area contributed by atoms with Crippen LogP contribution in [0.5, 0.6) is 11.6 Å². The lowest BCUT2D eigenvalue weighted by molar-refractivity contribution is 0.459. The Morgan fingerprint density at radius 3 is 2.88 bits per heavy atom. The number of hydrogen-bond acceptors (Lipinski definition) is 4. The minimum atomic E-state index is 0.542. The predicted octanol–water partition coefficient (Wildman–Crippen LogP) is 3.31. The summed E-state index contributed by atoms with van der Waals surface area (Å²) in [5.74, 6) is 1.92. The molecule has 0 fully saturated rings. The van der Waals surface area contributed by atoms with E-state index in [1.165, 1.54) is 0 Å². The highest BCUT2D eigenvalue weighted by atomic mass is 127. The fourth-order valence-corrected chi connectivity index (χ4v) is 1.78. The molecule has 0 aliphatic heterocycles. The van der Waals surface area contributed by atoms with E-state index in [0.29, 0.717) is 11.8 Å². The van der Waals surface area contributed by atoms with Gasteiger partial charge in [0.1, 0.15) is 5.75 Å². The van der Waals surface area contributed by atoms with E-state index in [4.69, 9.17) is 4.74 Å². The zero-order valence-corrected chi connectivity index (χ0v) is 11.5. The number of benzene rings is 1. The molecular formula is C12H12IN3O. The number of nitrogens with one attached hydrogen (secondary N) is 1. The van der Waals surface area contributed by atoms with Crippen LogP contribution in [-0.4, -0.2) is 16.5 Å². The Morgan fingerprint density at radius 1 is 1.29 bits per heavy atom. The van der Waals surface area contributed by atoms with Crippen molar-refractivity contribution in [3.05, 3.63) is 40.1 Å². The summed E-state index contributed by atoms with van der Waals surface area (Å²) in [6, 6.07) is 9.55. The highest BCUT2D eigenvalue weighted by Gasteiger charge is 2.03. The van der Waals surface area contributed by atoms with E-state index in [1.54, 1.807) is 12.3 Å². The van der Waals surface area contributed by atoms with Gasteiger partial charge in [0.25, 0.3) is 0 Å². The Balaban J connectivity index is 2.18. The van der Waals surface area contributed by atoms with Gasteiger partial charge in [-0.3, -0.25) is 0 Å². The molecule has 2 rings (SSSR count). The van der Waals surface area contributed by atoms with Crippen LogP contribution in [0.1, 0.15) is 6.92 Å². The Labute approximate surface area is 114 Å². The molecule has 17 heavy (non-hydrogen) atoms. The number of anilines is 1. The lowest BCUT2D eigenvalue weighted by atomic mass is 10.3. The van der Waals surface area contributed by atoms with Crippen molar-refractivity contribution in [2.45, 2.75) is 6.92 Å². The van der Waals surface area contributed by atoms with Crippen LogP contribution in [-0.2, 0) is 0 Å². The molecule has 0 unspecified atom stereocenters. The predicted molar refractivity (Wildman–Crippen MR) is 75.4 cm³/mol. The molecule has 0 saturated heterocycles. The van der Waals surface area contributed by atoms with Crippen molar-refractivity contribution < 1.29 is 4.74 Å². The van der Waals surface area contributed by atoms with Gasteiger partial charge in [-0.2, -0.15) is 4.98 Å². The maximum absolute atomic E-state index is 5.70. The van der Waals surface area contributed by atoms with E-state index in [2.05, 4.69) is 37.9 Å². The summed E-state index contributed by atoms with van der Waals surface area (Å²) in [5.41, 5.74) is 0. The molecule has 1 heterocycles. The van der Waals surface area contributed by atoms with Gasteiger partial charge < -0.3 is 10.1 Å². The van der Waals surface area contributed by atoms with E-state index in [0.717, 1.165) is 15.9 Å². The van der Waals surface area contributed by atoms with Gasteiger partial charge in [-0.25, -0.2) is 4.98 Å². The first-order valence-electron chi connectivity index (χ1n) is 5.29. The number of para-hydroxylation sites is 1. The fraction of sp³-hybridized carbons (Fsp3) is 0.167. The number of rotatable bonds is 4. The lowest BCUT2D eigenvalue weighted by Crippen LogP contribution is -2.02. The SMILES string of the molecule is CCNc1nccc(Oc2ccccc2I)n1. The van der Waals surface area contributed by atoms with Gasteiger partial charge in [-0.05, 0) is 41.6 Å². The van der Waals surface area contributed by atoms with Crippen molar-refractivity contribution in [2.24, 2.45) is 0 Å². The van der Waals surface area contributed by atoms with Crippen molar-refractivity contribution in [3.8, 4) is 11.6 Å². The van der Waals surface area contributed by atoms with Crippen LogP contribution < -0.4 is 10.1 Å². The standard InChI is InChI=1S/C12H12IN3O/c1-2-14-12-15-8-7-11(16-12)17-10-6-4-3-5-9(10)13/h3-8H,2H2,1H3,(H,14,15,16). The molecule has 1 N–H and O–H groups in total. The normalized spacial score (nSPS) is 10.0. The minimum absolute atomic E-state index is 0.542. The van der Waals surface area contributed by atoms with Crippen LogP contribution in [0, 0.1) is 3.57 Å². The quantitative estimate of drug-likeness (QED) is 0.867. The summed E-state index contributed by atoms with van der Waals surface area (Å²) in [6.07, 6.45) is 1.68. The van der Waals surface area contributed by atoms with Crippen molar-refractivity contribution in [2.75, 3.05) is 11.9 Å². The topological polar surface area (TPSA) is 47.0 Å². The molecule has 1 aromatic carbocycles.